The van der Waals surface area contributed by atoms with E-state index in [2.05, 4.69) is 10.1 Å². The number of rotatable bonds is 3. The van der Waals surface area contributed by atoms with Gasteiger partial charge < -0.3 is 9.72 Å². The molecule has 0 bridgehead atoms. The van der Waals surface area contributed by atoms with Crippen LogP contribution in [-0.2, 0) is 17.8 Å². The summed E-state index contributed by atoms with van der Waals surface area (Å²) in [6.45, 7) is 2.40. The van der Waals surface area contributed by atoms with Gasteiger partial charge in [0.25, 0.3) is 5.56 Å². The summed E-state index contributed by atoms with van der Waals surface area (Å²) >= 11 is 0. The Morgan fingerprint density at radius 1 is 1.53 bits per heavy atom. The first-order valence-corrected chi connectivity index (χ1v) is 4.84. The number of ether oxygens (including phenoxy) is 1. The molecule has 2 heterocycles. The van der Waals surface area contributed by atoms with Crippen LogP contribution in [0.4, 0.5) is 0 Å². The molecule has 5 heteroatoms. The molecule has 0 aliphatic heterocycles. The fourth-order valence-corrected chi connectivity index (χ4v) is 1.54. The third-order valence-corrected chi connectivity index (χ3v) is 2.24. The van der Waals surface area contributed by atoms with Gasteiger partial charge in [0.05, 0.1) is 18.0 Å². The van der Waals surface area contributed by atoms with Crippen LogP contribution >= 0.6 is 0 Å². The number of hydrogen-bond acceptors (Lipinski definition) is 3. The van der Waals surface area contributed by atoms with Crippen molar-refractivity contribution in [2.24, 2.45) is 0 Å². The Bertz CT molecular complexity index is 527. The normalized spacial score (nSPS) is 11.1. The molecule has 0 spiro atoms. The first-order valence-electron chi connectivity index (χ1n) is 4.84. The Kier molecular flexibility index (Phi) is 2.55. The van der Waals surface area contributed by atoms with Crippen molar-refractivity contribution in [3.63, 3.8) is 0 Å². The van der Waals surface area contributed by atoms with Gasteiger partial charge in [-0.3, -0.25) is 4.79 Å². The molecule has 0 saturated heterocycles. The number of aryl methyl sites for hydroxylation is 1. The van der Waals surface area contributed by atoms with E-state index in [1.54, 1.807) is 11.6 Å². The Balaban J connectivity index is 2.66. The predicted molar refractivity (Wildman–Crippen MR) is 55.9 cm³/mol. The van der Waals surface area contributed by atoms with Crippen LogP contribution in [-0.4, -0.2) is 21.7 Å². The predicted octanol–water partition coefficient (Wildman–Crippen LogP) is 0.731. The SMILES string of the molecule is CCc1cc2[nH]c(=O)cc(COC)n2n1. The lowest BCUT2D eigenvalue weighted by molar-refractivity contribution is 0.179. The highest BCUT2D eigenvalue weighted by Crippen LogP contribution is 2.06. The topological polar surface area (TPSA) is 59.4 Å². The first kappa shape index (κ1) is 9.92. The van der Waals surface area contributed by atoms with Crippen molar-refractivity contribution >= 4 is 5.65 Å². The van der Waals surface area contributed by atoms with Gasteiger partial charge in [0.2, 0.25) is 0 Å². The molecule has 0 amide bonds. The standard InChI is InChI=1S/C10H13N3O2/c1-3-7-4-9-11-10(14)5-8(6-15-2)13(9)12-7/h4-5H,3,6H2,1-2H3,(H,11,14). The summed E-state index contributed by atoms with van der Waals surface area (Å²) in [4.78, 5) is 14.1. The average molecular weight is 207 g/mol. The zero-order valence-corrected chi connectivity index (χ0v) is 8.78. The average Bonchev–Trinajstić information content (AvgIpc) is 2.61. The van der Waals surface area contributed by atoms with E-state index in [-0.39, 0.29) is 5.56 Å². The van der Waals surface area contributed by atoms with Crippen LogP contribution in [0.3, 0.4) is 0 Å². The molecule has 0 aliphatic rings. The van der Waals surface area contributed by atoms with Gasteiger partial charge in [-0.2, -0.15) is 5.10 Å². The lowest BCUT2D eigenvalue weighted by Gasteiger charge is -2.01. The number of aromatic nitrogens is 3. The van der Waals surface area contributed by atoms with Crippen LogP contribution < -0.4 is 5.56 Å². The second-order valence-corrected chi connectivity index (χ2v) is 3.34. The maximum Gasteiger partial charge on any atom is 0.251 e. The zero-order chi connectivity index (χ0) is 10.8. The molecular formula is C10H13N3O2. The Morgan fingerprint density at radius 3 is 3.00 bits per heavy atom. The van der Waals surface area contributed by atoms with Crippen LogP contribution in [0.5, 0.6) is 0 Å². The van der Waals surface area contributed by atoms with Crippen molar-refractivity contribution in [1.82, 2.24) is 14.6 Å². The van der Waals surface area contributed by atoms with Gasteiger partial charge >= 0.3 is 0 Å². The third-order valence-electron chi connectivity index (χ3n) is 2.24. The third kappa shape index (κ3) is 1.78. The number of aromatic amines is 1. The van der Waals surface area contributed by atoms with Crippen LogP contribution in [0.1, 0.15) is 18.3 Å². The molecule has 5 nitrogen and oxygen atoms in total. The highest BCUT2D eigenvalue weighted by Gasteiger charge is 2.06. The molecule has 0 radical (unpaired) electrons. The molecule has 15 heavy (non-hydrogen) atoms. The molecule has 80 valence electrons. The molecule has 0 aromatic carbocycles. The Morgan fingerprint density at radius 2 is 2.33 bits per heavy atom. The van der Waals surface area contributed by atoms with Crippen molar-refractivity contribution in [2.45, 2.75) is 20.0 Å². The maximum absolute atomic E-state index is 11.3. The molecule has 0 atom stereocenters. The van der Waals surface area contributed by atoms with E-state index >= 15 is 0 Å². The largest absolute Gasteiger partial charge is 0.378 e. The number of nitrogens with zero attached hydrogens (tertiary/aromatic N) is 2. The van der Waals surface area contributed by atoms with Gasteiger partial charge in [-0.25, -0.2) is 4.52 Å². The summed E-state index contributed by atoms with van der Waals surface area (Å²) in [5.74, 6) is 0. The van der Waals surface area contributed by atoms with E-state index < -0.39 is 0 Å². The van der Waals surface area contributed by atoms with E-state index in [9.17, 15) is 4.79 Å². The minimum atomic E-state index is -0.128. The Hall–Kier alpha value is -1.62. The van der Waals surface area contributed by atoms with E-state index in [1.807, 2.05) is 13.0 Å². The van der Waals surface area contributed by atoms with Crippen molar-refractivity contribution in [3.05, 3.63) is 33.9 Å². The van der Waals surface area contributed by atoms with E-state index in [0.29, 0.717) is 12.3 Å². The number of H-pyrrole nitrogens is 1. The van der Waals surface area contributed by atoms with E-state index in [4.69, 9.17) is 4.74 Å². The van der Waals surface area contributed by atoms with Crippen LogP contribution in [0.25, 0.3) is 5.65 Å². The van der Waals surface area contributed by atoms with Gasteiger partial charge in [0.15, 0.2) is 0 Å². The second kappa shape index (κ2) is 3.86. The first-order chi connectivity index (χ1) is 7.24. The molecule has 2 aromatic rings. The highest BCUT2D eigenvalue weighted by molar-refractivity contribution is 5.40. The molecule has 0 unspecified atom stereocenters. The quantitative estimate of drug-likeness (QED) is 0.807. The fraction of sp³-hybridized carbons (Fsp3) is 0.400. The van der Waals surface area contributed by atoms with Crippen molar-refractivity contribution < 1.29 is 4.74 Å². The lowest BCUT2D eigenvalue weighted by atomic mass is 10.3. The van der Waals surface area contributed by atoms with Crippen molar-refractivity contribution in [1.29, 1.82) is 0 Å². The van der Waals surface area contributed by atoms with Gasteiger partial charge in [0.1, 0.15) is 5.65 Å². The molecule has 0 fully saturated rings. The number of fused-ring (bicyclic) bond motifs is 1. The Labute approximate surface area is 86.7 Å². The lowest BCUT2D eigenvalue weighted by Crippen LogP contribution is -2.12. The van der Waals surface area contributed by atoms with Crippen LogP contribution in [0.2, 0.25) is 0 Å². The van der Waals surface area contributed by atoms with Crippen LogP contribution in [0, 0.1) is 0 Å². The van der Waals surface area contributed by atoms with Gasteiger partial charge in [-0.05, 0) is 6.42 Å². The van der Waals surface area contributed by atoms with Crippen molar-refractivity contribution in [2.75, 3.05) is 7.11 Å². The van der Waals surface area contributed by atoms with Gasteiger partial charge in [-0.1, -0.05) is 6.92 Å². The number of hydrogen-bond donors (Lipinski definition) is 1. The highest BCUT2D eigenvalue weighted by atomic mass is 16.5. The smallest absolute Gasteiger partial charge is 0.251 e. The monoisotopic (exact) mass is 207 g/mol. The molecule has 0 aliphatic carbocycles. The summed E-state index contributed by atoms with van der Waals surface area (Å²) in [5.41, 5.74) is 2.30. The molecule has 1 N–H and O–H groups in total. The van der Waals surface area contributed by atoms with Gasteiger partial charge in [-0.15, -0.1) is 0 Å². The summed E-state index contributed by atoms with van der Waals surface area (Å²) in [6.07, 6.45) is 0.843. The zero-order valence-electron chi connectivity index (χ0n) is 8.78. The van der Waals surface area contributed by atoms with Crippen LogP contribution in [0.15, 0.2) is 16.9 Å². The second-order valence-electron chi connectivity index (χ2n) is 3.34. The summed E-state index contributed by atoms with van der Waals surface area (Å²) in [7, 11) is 1.59. The molecule has 2 aromatic heterocycles. The molecule has 2 rings (SSSR count). The summed E-state index contributed by atoms with van der Waals surface area (Å²) in [6, 6.07) is 3.38. The summed E-state index contributed by atoms with van der Waals surface area (Å²) < 4.78 is 6.73. The minimum absolute atomic E-state index is 0.128. The van der Waals surface area contributed by atoms with Crippen molar-refractivity contribution in [3.8, 4) is 0 Å². The fourth-order valence-electron chi connectivity index (χ4n) is 1.54. The molecular weight excluding hydrogens is 194 g/mol. The summed E-state index contributed by atoms with van der Waals surface area (Å²) in [5, 5.41) is 4.36. The number of nitrogens with one attached hydrogen (secondary N) is 1. The van der Waals surface area contributed by atoms with Gasteiger partial charge in [0, 0.05) is 19.2 Å². The van der Waals surface area contributed by atoms with E-state index in [1.165, 1.54) is 6.07 Å². The molecule has 0 saturated carbocycles. The van der Waals surface area contributed by atoms with E-state index in [0.717, 1.165) is 17.8 Å². The number of methoxy groups -OCH3 is 1. The maximum atomic E-state index is 11.3. The minimum Gasteiger partial charge on any atom is -0.378 e.